The summed E-state index contributed by atoms with van der Waals surface area (Å²) in [6.45, 7) is 2.11. The van der Waals surface area contributed by atoms with E-state index < -0.39 is 12.8 Å². The quantitative estimate of drug-likeness (QED) is 0.834. The second kappa shape index (κ2) is 7.70. The molecule has 3 nitrogen and oxygen atoms in total. The summed E-state index contributed by atoms with van der Waals surface area (Å²) in [6, 6.07) is 1.25. The third kappa shape index (κ3) is 5.07. The van der Waals surface area contributed by atoms with Crippen molar-refractivity contribution in [1.82, 2.24) is 10.2 Å². The Labute approximate surface area is 136 Å². The number of nitrogens with one attached hydrogen (secondary N) is 1. The minimum Gasteiger partial charge on any atom is -0.368 e. The van der Waals surface area contributed by atoms with Crippen molar-refractivity contribution in [2.75, 3.05) is 26.2 Å². The summed E-state index contributed by atoms with van der Waals surface area (Å²) in [5.41, 5.74) is 0. The zero-order valence-electron chi connectivity index (χ0n) is 13.8. The van der Waals surface area contributed by atoms with Crippen LogP contribution in [0.5, 0.6) is 0 Å². The van der Waals surface area contributed by atoms with Gasteiger partial charge in [-0.15, -0.1) is 0 Å². The summed E-state index contributed by atoms with van der Waals surface area (Å²) in [7, 11) is 0. The fourth-order valence-electron chi connectivity index (χ4n) is 4.56. The third-order valence-electron chi connectivity index (χ3n) is 5.79. The van der Waals surface area contributed by atoms with Crippen LogP contribution in [0.25, 0.3) is 0 Å². The van der Waals surface area contributed by atoms with Crippen LogP contribution in [0, 0.1) is 5.92 Å². The molecule has 2 aliphatic heterocycles. The van der Waals surface area contributed by atoms with Gasteiger partial charge in [0.2, 0.25) is 0 Å². The van der Waals surface area contributed by atoms with E-state index in [1.165, 1.54) is 32.4 Å². The van der Waals surface area contributed by atoms with Crippen molar-refractivity contribution >= 4 is 0 Å². The number of piperidine rings is 1. The largest absolute Gasteiger partial charge is 0.411 e. The second-order valence-corrected chi connectivity index (χ2v) is 7.47. The van der Waals surface area contributed by atoms with Gasteiger partial charge in [0.15, 0.2) is 0 Å². The second-order valence-electron chi connectivity index (χ2n) is 7.47. The average Bonchev–Trinajstić information content (AvgIpc) is 2.98. The molecule has 0 spiro atoms. The Morgan fingerprint density at radius 2 is 1.83 bits per heavy atom. The first-order valence-corrected chi connectivity index (χ1v) is 9.17. The molecule has 6 heteroatoms. The molecule has 0 aromatic rings. The van der Waals surface area contributed by atoms with Crippen LogP contribution in [0.4, 0.5) is 13.2 Å². The van der Waals surface area contributed by atoms with E-state index in [9.17, 15) is 13.2 Å². The summed E-state index contributed by atoms with van der Waals surface area (Å²) in [5.74, 6) is 0.229. The molecule has 134 valence electrons. The Morgan fingerprint density at radius 1 is 1.00 bits per heavy atom. The Hall–Kier alpha value is -0.330. The van der Waals surface area contributed by atoms with Gasteiger partial charge < -0.3 is 15.0 Å². The number of halogens is 3. The highest BCUT2D eigenvalue weighted by Gasteiger charge is 2.34. The van der Waals surface area contributed by atoms with Crippen LogP contribution < -0.4 is 5.32 Å². The molecule has 0 unspecified atom stereocenters. The first-order valence-electron chi connectivity index (χ1n) is 9.17. The van der Waals surface area contributed by atoms with Crippen molar-refractivity contribution in [3.63, 3.8) is 0 Å². The van der Waals surface area contributed by atoms with E-state index in [1.807, 2.05) is 0 Å². The minimum atomic E-state index is -4.22. The van der Waals surface area contributed by atoms with E-state index in [0.29, 0.717) is 6.04 Å². The summed E-state index contributed by atoms with van der Waals surface area (Å²) < 4.78 is 42.4. The van der Waals surface area contributed by atoms with E-state index >= 15 is 0 Å². The lowest BCUT2D eigenvalue weighted by Crippen LogP contribution is -2.48. The highest BCUT2D eigenvalue weighted by molar-refractivity contribution is 4.90. The Morgan fingerprint density at radius 3 is 2.65 bits per heavy atom. The molecule has 4 atom stereocenters. The number of nitrogens with zero attached hydrogens (tertiary/aromatic N) is 1. The number of fused-ring (bicyclic) bond motifs is 1. The highest BCUT2D eigenvalue weighted by atomic mass is 19.4. The van der Waals surface area contributed by atoms with Gasteiger partial charge in [-0.3, -0.25) is 0 Å². The van der Waals surface area contributed by atoms with Crippen LogP contribution in [0.3, 0.4) is 0 Å². The zero-order chi connectivity index (χ0) is 16.3. The first-order chi connectivity index (χ1) is 11.0. The first kappa shape index (κ1) is 17.5. The van der Waals surface area contributed by atoms with Gasteiger partial charge >= 0.3 is 6.18 Å². The van der Waals surface area contributed by atoms with Gasteiger partial charge in [-0.1, -0.05) is 12.8 Å². The molecule has 3 rings (SSSR count). The molecule has 1 N–H and O–H groups in total. The number of rotatable bonds is 5. The monoisotopic (exact) mass is 334 g/mol. The number of ether oxygens (including phenoxy) is 1. The third-order valence-corrected chi connectivity index (χ3v) is 5.79. The molecule has 2 saturated heterocycles. The zero-order valence-corrected chi connectivity index (χ0v) is 13.8. The van der Waals surface area contributed by atoms with E-state index in [4.69, 9.17) is 4.74 Å². The van der Waals surface area contributed by atoms with Crippen molar-refractivity contribution < 1.29 is 17.9 Å². The summed E-state index contributed by atoms with van der Waals surface area (Å²) in [6.07, 6.45) is 4.37. The van der Waals surface area contributed by atoms with Gasteiger partial charge in [0.05, 0.1) is 6.10 Å². The lowest BCUT2D eigenvalue weighted by atomic mass is 9.85. The lowest BCUT2D eigenvalue weighted by Gasteiger charge is -2.37. The van der Waals surface area contributed by atoms with Gasteiger partial charge in [-0.25, -0.2) is 0 Å². The minimum absolute atomic E-state index is 0.229. The van der Waals surface area contributed by atoms with Gasteiger partial charge in [0.1, 0.15) is 6.61 Å². The number of hydrogen-bond donors (Lipinski definition) is 1. The Kier molecular flexibility index (Phi) is 5.86. The van der Waals surface area contributed by atoms with Gasteiger partial charge in [0.25, 0.3) is 0 Å². The highest BCUT2D eigenvalue weighted by Crippen LogP contribution is 2.30. The fraction of sp³-hybridized carbons (Fsp3) is 1.00. The maximum atomic E-state index is 12.4. The normalized spacial score (nSPS) is 36.1. The Bertz CT molecular complexity index is 377. The topological polar surface area (TPSA) is 24.5 Å². The van der Waals surface area contributed by atoms with Crippen molar-refractivity contribution in [3.8, 4) is 0 Å². The summed E-state index contributed by atoms with van der Waals surface area (Å²) >= 11 is 0. The van der Waals surface area contributed by atoms with Crippen LogP contribution in [0.2, 0.25) is 0 Å². The molecule has 1 saturated carbocycles. The summed E-state index contributed by atoms with van der Waals surface area (Å²) in [4.78, 5) is 2.59. The van der Waals surface area contributed by atoms with Crippen molar-refractivity contribution in [2.24, 2.45) is 5.92 Å². The predicted octanol–water partition coefficient (Wildman–Crippen LogP) is 3.34. The molecule has 3 aliphatic rings. The maximum Gasteiger partial charge on any atom is 0.411 e. The molecule has 0 aromatic carbocycles. The van der Waals surface area contributed by atoms with Crippen LogP contribution >= 0.6 is 0 Å². The van der Waals surface area contributed by atoms with Crippen LogP contribution in [0.1, 0.15) is 51.4 Å². The van der Waals surface area contributed by atoms with E-state index in [1.54, 1.807) is 0 Å². The van der Waals surface area contributed by atoms with E-state index in [-0.39, 0.29) is 12.0 Å². The average molecular weight is 334 g/mol. The molecule has 0 amide bonds. The van der Waals surface area contributed by atoms with E-state index in [2.05, 4.69) is 10.2 Å². The molecular formula is C17H29F3N2O. The standard InChI is InChI=1S/C17H29F3N2O/c18-17(19,20)12-23-16-6-2-1-4-13(16)11-21-14-7-9-22-8-3-5-15(22)10-14/h13-16,21H,1-12H2/t13-,14-,15-,16+/m1/s1. The van der Waals surface area contributed by atoms with Crippen molar-refractivity contribution in [2.45, 2.75) is 75.7 Å². The number of alkyl halides is 3. The fourth-order valence-corrected chi connectivity index (χ4v) is 4.56. The van der Waals surface area contributed by atoms with E-state index in [0.717, 1.165) is 44.7 Å². The summed E-state index contributed by atoms with van der Waals surface area (Å²) in [5, 5.41) is 3.64. The molecule has 2 heterocycles. The molecule has 0 bridgehead atoms. The van der Waals surface area contributed by atoms with Crippen LogP contribution in [-0.4, -0.2) is 55.5 Å². The SMILES string of the molecule is FC(F)(F)CO[C@H]1CCCC[C@@H]1CN[C@@H]1CCN2CCC[C@@H]2C1. The van der Waals surface area contributed by atoms with Crippen molar-refractivity contribution in [1.29, 1.82) is 0 Å². The molecule has 1 aliphatic carbocycles. The van der Waals surface area contributed by atoms with Gasteiger partial charge in [-0.2, -0.15) is 13.2 Å². The maximum absolute atomic E-state index is 12.4. The molecule has 0 radical (unpaired) electrons. The van der Waals surface area contributed by atoms with Gasteiger partial charge in [-0.05, 0) is 57.5 Å². The van der Waals surface area contributed by atoms with Gasteiger partial charge in [0, 0.05) is 18.6 Å². The smallest absolute Gasteiger partial charge is 0.368 e. The molecular weight excluding hydrogens is 305 g/mol. The van der Waals surface area contributed by atoms with Crippen molar-refractivity contribution in [3.05, 3.63) is 0 Å². The lowest BCUT2D eigenvalue weighted by molar-refractivity contribution is -0.193. The molecule has 3 fully saturated rings. The predicted molar refractivity (Wildman–Crippen MR) is 83.4 cm³/mol. The molecule has 23 heavy (non-hydrogen) atoms. The number of hydrogen-bond acceptors (Lipinski definition) is 3. The Balaban J connectivity index is 1.43. The van der Waals surface area contributed by atoms with Crippen LogP contribution in [0.15, 0.2) is 0 Å². The molecule has 0 aromatic heterocycles. The van der Waals surface area contributed by atoms with Crippen LogP contribution in [-0.2, 0) is 4.74 Å².